The molecular weight excluding hydrogens is 468 g/mol. The smallest absolute Gasteiger partial charge is 0.295 e. The van der Waals surface area contributed by atoms with Crippen molar-refractivity contribution < 1.29 is 23.8 Å². The Balaban J connectivity index is 1.55. The number of hydrogen-bond acceptors (Lipinski definition) is 5. The molecule has 2 aromatic heterocycles. The van der Waals surface area contributed by atoms with Crippen molar-refractivity contribution in [2.24, 2.45) is 0 Å². The van der Waals surface area contributed by atoms with Gasteiger partial charge in [0.25, 0.3) is 11.7 Å². The molecule has 0 aliphatic carbocycles. The van der Waals surface area contributed by atoms with Crippen LogP contribution in [-0.2, 0) is 16.0 Å². The predicted molar refractivity (Wildman–Crippen MR) is 132 cm³/mol. The molecule has 2 aromatic carbocycles. The molecular formula is C27H23ClN2O5. The Morgan fingerprint density at radius 3 is 2.77 bits per heavy atom. The molecule has 1 aliphatic rings. The minimum Gasteiger partial charge on any atom is -0.507 e. The minimum atomic E-state index is -0.887. The number of amides is 1. The van der Waals surface area contributed by atoms with Crippen molar-refractivity contribution in [3.05, 3.63) is 94.5 Å². The second-order valence-electron chi connectivity index (χ2n) is 8.19. The molecule has 1 fully saturated rings. The summed E-state index contributed by atoms with van der Waals surface area (Å²) in [6.07, 6.45) is 3.88. The van der Waals surface area contributed by atoms with Crippen molar-refractivity contribution in [1.82, 2.24) is 9.88 Å². The zero-order valence-corrected chi connectivity index (χ0v) is 19.7. The SMILES string of the molecule is CCOc1ccc(Cl)c(/C(O)=C2/C(=O)C(=O)N(CCc3c[nH]c4ccccc34)C2c2ccco2)c1. The molecule has 1 unspecified atom stereocenters. The molecule has 0 bridgehead atoms. The van der Waals surface area contributed by atoms with E-state index in [0.29, 0.717) is 24.5 Å². The van der Waals surface area contributed by atoms with Crippen LogP contribution in [0.1, 0.15) is 29.9 Å². The number of H-pyrrole nitrogens is 1. The Bertz CT molecular complexity index is 1440. The quantitative estimate of drug-likeness (QED) is 0.203. The van der Waals surface area contributed by atoms with E-state index in [1.54, 1.807) is 30.3 Å². The number of aromatic amines is 1. The molecule has 3 heterocycles. The number of aliphatic hydroxyl groups is 1. The van der Waals surface area contributed by atoms with Crippen LogP contribution in [0.5, 0.6) is 5.75 Å². The molecule has 1 saturated heterocycles. The Morgan fingerprint density at radius 1 is 1.17 bits per heavy atom. The number of rotatable bonds is 7. The lowest BCUT2D eigenvalue weighted by atomic mass is 9.99. The maximum Gasteiger partial charge on any atom is 0.295 e. The molecule has 0 saturated carbocycles. The molecule has 178 valence electrons. The molecule has 1 amide bonds. The summed E-state index contributed by atoms with van der Waals surface area (Å²) in [5.41, 5.74) is 2.16. The first-order valence-electron chi connectivity index (χ1n) is 11.3. The number of likely N-dealkylation sites (tertiary alicyclic amines) is 1. The second kappa shape index (κ2) is 9.35. The third-order valence-electron chi connectivity index (χ3n) is 6.15. The number of ether oxygens (including phenoxy) is 1. The molecule has 8 heteroatoms. The van der Waals surface area contributed by atoms with Gasteiger partial charge in [-0.25, -0.2) is 0 Å². The predicted octanol–water partition coefficient (Wildman–Crippen LogP) is 5.48. The fourth-order valence-corrected chi connectivity index (χ4v) is 4.73. The topological polar surface area (TPSA) is 95.8 Å². The van der Waals surface area contributed by atoms with Crippen LogP contribution in [-0.4, -0.2) is 39.8 Å². The number of aromatic nitrogens is 1. The lowest BCUT2D eigenvalue weighted by molar-refractivity contribution is -0.140. The highest BCUT2D eigenvalue weighted by molar-refractivity contribution is 6.47. The lowest BCUT2D eigenvalue weighted by Gasteiger charge is -2.23. The first-order valence-corrected chi connectivity index (χ1v) is 11.7. The van der Waals surface area contributed by atoms with Crippen LogP contribution in [0.2, 0.25) is 5.02 Å². The monoisotopic (exact) mass is 490 g/mol. The molecule has 35 heavy (non-hydrogen) atoms. The highest BCUT2D eigenvalue weighted by Crippen LogP contribution is 2.41. The Hall–Kier alpha value is -3.97. The molecule has 4 aromatic rings. The molecule has 2 N–H and O–H groups in total. The van der Waals surface area contributed by atoms with Gasteiger partial charge in [-0.2, -0.15) is 0 Å². The summed E-state index contributed by atoms with van der Waals surface area (Å²) >= 11 is 6.36. The van der Waals surface area contributed by atoms with Crippen molar-refractivity contribution >= 4 is 40.0 Å². The summed E-state index contributed by atoms with van der Waals surface area (Å²) in [5, 5.41) is 12.5. The van der Waals surface area contributed by atoms with Crippen molar-refractivity contribution in [2.75, 3.05) is 13.2 Å². The fraction of sp³-hybridized carbons (Fsp3) is 0.185. The number of benzene rings is 2. The number of Topliss-reactive ketones (excluding diaryl/α,β-unsaturated/α-hetero) is 1. The van der Waals surface area contributed by atoms with Gasteiger partial charge in [0.15, 0.2) is 0 Å². The maximum absolute atomic E-state index is 13.2. The minimum absolute atomic E-state index is 0.0700. The average molecular weight is 491 g/mol. The number of furan rings is 1. The fourth-order valence-electron chi connectivity index (χ4n) is 4.52. The Morgan fingerprint density at radius 2 is 2.00 bits per heavy atom. The van der Waals surface area contributed by atoms with E-state index < -0.39 is 17.7 Å². The number of halogens is 1. The number of para-hydroxylation sites is 1. The molecule has 1 atom stereocenters. The number of aliphatic hydroxyl groups excluding tert-OH is 1. The number of carbonyl (C=O) groups excluding carboxylic acids is 2. The highest BCUT2D eigenvalue weighted by Gasteiger charge is 2.47. The van der Waals surface area contributed by atoms with Gasteiger partial charge in [-0.1, -0.05) is 29.8 Å². The van der Waals surface area contributed by atoms with E-state index in [4.69, 9.17) is 20.8 Å². The normalized spacial score (nSPS) is 17.4. The zero-order valence-electron chi connectivity index (χ0n) is 19.0. The van der Waals surface area contributed by atoms with Gasteiger partial charge < -0.3 is 24.1 Å². The Labute approximate surface area is 206 Å². The lowest BCUT2D eigenvalue weighted by Crippen LogP contribution is -2.31. The molecule has 0 radical (unpaired) electrons. The van der Waals surface area contributed by atoms with Crippen molar-refractivity contribution in [2.45, 2.75) is 19.4 Å². The van der Waals surface area contributed by atoms with E-state index in [0.717, 1.165) is 16.5 Å². The highest BCUT2D eigenvalue weighted by atomic mass is 35.5. The summed E-state index contributed by atoms with van der Waals surface area (Å²) in [6.45, 7) is 2.51. The van der Waals surface area contributed by atoms with Gasteiger partial charge in [0, 0.05) is 29.2 Å². The number of nitrogens with one attached hydrogen (secondary N) is 1. The zero-order chi connectivity index (χ0) is 24.5. The van der Waals surface area contributed by atoms with E-state index in [1.165, 1.54) is 11.2 Å². The summed E-state index contributed by atoms with van der Waals surface area (Å²) in [4.78, 5) is 31.0. The standard InChI is InChI=1S/C27H23ClN2O5/c1-2-34-17-9-10-20(28)19(14-17)25(31)23-24(22-8-5-13-35-22)30(27(33)26(23)32)12-11-16-15-29-21-7-4-3-6-18(16)21/h3-10,13-15,24,29,31H,2,11-12H2,1H3/b25-23-. The van der Waals surface area contributed by atoms with Crippen LogP contribution in [0.3, 0.4) is 0 Å². The number of hydrogen-bond donors (Lipinski definition) is 2. The largest absolute Gasteiger partial charge is 0.507 e. The van der Waals surface area contributed by atoms with Gasteiger partial charge in [0.05, 0.1) is 23.5 Å². The van der Waals surface area contributed by atoms with Crippen molar-refractivity contribution in [3.8, 4) is 5.75 Å². The van der Waals surface area contributed by atoms with Crippen LogP contribution in [0, 0.1) is 0 Å². The van der Waals surface area contributed by atoms with E-state index in [-0.39, 0.29) is 28.5 Å². The average Bonchev–Trinajstić information content (AvgIpc) is 3.59. The molecule has 1 aliphatic heterocycles. The third kappa shape index (κ3) is 4.08. The van der Waals surface area contributed by atoms with Crippen LogP contribution in [0.4, 0.5) is 0 Å². The van der Waals surface area contributed by atoms with Gasteiger partial charge >= 0.3 is 0 Å². The maximum atomic E-state index is 13.2. The molecule has 7 nitrogen and oxygen atoms in total. The molecule has 5 rings (SSSR count). The first kappa shape index (κ1) is 22.8. The summed E-state index contributed by atoms with van der Waals surface area (Å²) < 4.78 is 11.1. The van der Waals surface area contributed by atoms with E-state index in [1.807, 2.05) is 37.4 Å². The van der Waals surface area contributed by atoms with Gasteiger partial charge in [-0.15, -0.1) is 0 Å². The third-order valence-corrected chi connectivity index (χ3v) is 6.48. The van der Waals surface area contributed by atoms with Crippen LogP contribution in [0.25, 0.3) is 16.7 Å². The van der Waals surface area contributed by atoms with E-state index in [2.05, 4.69) is 4.98 Å². The van der Waals surface area contributed by atoms with Crippen molar-refractivity contribution in [3.63, 3.8) is 0 Å². The molecule has 0 spiro atoms. The van der Waals surface area contributed by atoms with Crippen LogP contribution in [0.15, 0.2) is 77.0 Å². The Kier molecular flexibility index (Phi) is 6.09. The van der Waals surface area contributed by atoms with E-state index >= 15 is 0 Å². The van der Waals surface area contributed by atoms with Crippen LogP contribution >= 0.6 is 11.6 Å². The van der Waals surface area contributed by atoms with Crippen LogP contribution < -0.4 is 4.74 Å². The van der Waals surface area contributed by atoms with Gasteiger partial charge in [-0.3, -0.25) is 9.59 Å². The van der Waals surface area contributed by atoms with Crippen molar-refractivity contribution in [1.29, 1.82) is 0 Å². The van der Waals surface area contributed by atoms with Gasteiger partial charge in [0.1, 0.15) is 23.3 Å². The number of carbonyl (C=O) groups is 2. The number of nitrogens with zero attached hydrogens (tertiary/aromatic N) is 1. The first-order chi connectivity index (χ1) is 17.0. The summed E-state index contributed by atoms with van der Waals surface area (Å²) in [5.74, 6) is -1.00. The van der Waals surface area contributed by atoms with Gasteiger partial charge in [0.2, 0.25) is 0 Å². The number of fused-ring (bicyclic) bond motifs is 1. The number of ketones is 1. The second-order valence-corrected chi connectivity index (χ2v) is 8.60. The summed E-state index contributed by atoms with van der Waals surface area (Å²) in [7, 11) is 0. The van der Waals surface area contributed by atoms with E-state index in [9.17, 15) is 14.7 Å². The van der Waals surface area contributed by atoms with Gasteiger partial charge in [-0.05, 0) is 55.3 Å². The summed E-state index contributed by atoms with van der Waals surface area (Å²) in [6, 6.07) is 15.2.